The van der Waals surface area contributed by atoms with Crippen molar-refractivity contribution in [3.63, 3.8) is 0 Å². The molecule has 0 saturated heterocycles. The number of hydrogen-bond donors (Lipinski definition) is 2. The first kappa shape index (κ1) is 29.6. The van der Waals surface area contributed by atoms with Crippen LogP contribution in [0.5, 0.6) is 5.75 Å². The molecule has 1 aromatic carbocycles. The van der Waals surface area contributed by atoms with Crippen LogP contribution in [0.1, 0.15) is 65.3 Å². The Hall–Kier alpha value is -3.38. The first-order chi connectivity index (χ1) is 19.3. The van der Waals surface area contributed by atoms with Gasteiger partial charge in [0.1, 0.15) is 10.8 Å². The second-order valence-corrected chi connectivity index (χ2v) is 11.9. The first-order valence-corrected chi connectivity index (χ1v) is 15.1. The van der Waals surface area contributed by atoms with E-state index in [4.69, 9.17) is 9.47 Å². The van der Waals surface area contributed by atoms with Crippen LogP contribution in [0.15, 0.2) is 29.4 Å². The molecule has 1 aliphatic rings. The molecule has 4 rings (SSSR count). The number of fused-ring (bicyclic) bond motifs is 1. The van der Waals surface area contributed by atoms with Gasteiger partial charge in [-0.15, -0.1) is 21.5 Å². The molecule has 214 valence electrons. The predicted octanol–water partition coefficient (Wildman–Crippen LogP) is 4.31. The van der Waals surface area contributed by atoms with E-state index in [1.165, 1.54) is 23.1 Å². The highest BCUT2D eigenvalue weighted by atomic mass is 32.2. The smallest absolute Gasteiger partial charge is 0.341 e. The maximum Gasteiger partial charge on any atom is 0.341 e. The van der Waals surface area contributed by atoms with Crippen molar-refractivity contribution in [1.82, 2.24) is 20.1 Å². The number of carbonyl (C=O) groups is 3. The van der Waals surface area contributed by atoms with Gasteiger partial charge in [-0.1, -0.05) is 30.3 Å². The van der Waals surface area contributed by atoms with E-state index in [9.17, 15) is 14.4 Å². The second kappa shape index (κ2) is 13.8. The fourth-order valence-corrected chi connectivity index (χ4v) is 6.56. The second-order valence-electron chi connectivity index (χ2n) is 9.50. The summed E-state index contributed by atoms with van der Waals surface area (Å²) in [5.41, 5.74) is 2.39. The van der Waals surface area contributed by atoms with Crippen LogP contribution >= 0.6 is 23.1 Å². The number of amides is 2. The van der Waals surface area contributed by atoms with Crippen LogP contribution in [-0.2, 0) is 47.2 Å². The van der Waals surface area contributed by atoms with Crippen LogP contribution in [0.25, 0.3) is 0 Å². The number of rotatable bonds is 11. The summed E-state index contributed by atoms with van der Waals surface area (Å²) in [6, 6.07) is 7.34. The Morgan fingerprint density at radius 2 is 1.88 bits per heavy atom. The Kier molecular flexibility index (Phi) is 10.2. The third kappa shape index (κ3) is 7.22. The zero-order valence-corrected chi connectivity index (χ0v) is 24.9. The highest BCUT2D eigenvalue weighted by molar-refractivity contribution is 8.00. The van der Waals surface area contributed by atoms with Crippen LogP contribution in [-0.4, -0.2) is 51.5 Å². The molecule has 2 heterocycles. The average Bonchev–Trinajstić information content (AvgIpc) is 3.36. The third-order valence-electron chi connectivity index (χ3n) is 6.68. The van der Waals surface area contributed by atoms with Crippen LogP contribution in [0, 0.1) is 0 Å². The summed E-state index contributed by atoms with van der Waals surface area (Å²) in [5, 5.41) is 14.9. The zero-order chi connectivity index (χ0) is 28.6. The monoisotopic (exact) mass is 585 g/mol. The van der Waals surface area contributed by atoms with Crippen molar-refractivity contribution in [2.24, 2.45) is 7.05 Å². The molecule has 40 heavy (non-hydrogen) atoms. The van der Waals surface area contributed by atoms with Crippen LogP contribution in [0.2, 0.25) is 0 Å². The number of benzene rings is 1. The molecular weight excluding hydrogens is 550 g/mol. The molecule has 0 aliphatic heterocycles. The number of aryl methyl sites for hydroxylation is 1. The van der Waals surface area contributed by atoms with Gasteiger partial charge in [0.05, 0.1) is 37.5 Å². The molecule has 1 atom stereocenters. The lowest BCUT2D eigenvalue weighted by molar-refractivity contribution is -0.120. The van der Waals surface area contributed by atoms with Crippen molar-refractivity contribution in [3.8, 4) is 5.75 Å². The summed E-state index contributed by atoms with van der Waals surface area (Å²) in [6.45, 7) is 4.05. The fraction of sp³-hybridized carbons (Fsp3) is 0.464. The number of nitrogens with zero attached hydrogens (tertiary/aromatic N) is 3. The summed E-state index contributed by atoms with van der Waals surface area (Å²) in [7, 11) is 3.40. The van der Waals surface area contributed by atoms with E-state index in [0.717, 1.165) is 53.9 Å². The topological polar surface area (TPSA) is 124 Å². The highest BCUT2D eigenvalue weighted by Crippen LogP contribution is 2.38. The minimum absolute atomic E-state index is 0.137. The van der Waals surface area contributed by atoms with Crippen molar-refractivity contribution in [1.29, 1.82) is 0 Å². The van der Waals surface area contributed by atoms with E-state index in [0.29, 0.717) is 21.5 Å². The average molecular weight is 586 g/mol. The first-order valence-electron chi connectivity index (χ1n) is 13.4. The Balaban J connectivity index is 1.36. The SMILES string of the molecule is CCOC(=O)c1c(NC(=O)[C@@H](C)Sc2nnc(CNC(=O)Cc3ccc(OC)cc3)n2C)sc2c1CCCCC2. The van der Waals surface area contributed by atoms with Crippen LogP contribution in [0.4, 0.5) is 5.00 Å². The number of hydrogen-bond acceptors (Lipinski definition) is 9. The molecule has 10 nitrogen and oxygen atoms in total. The molecule has 0 fully saturated rings. The van der Waals surface area contributed by atoms with Crippen molar-refractivity contribution in [2.45, 2.75) is 69.3 Å². The normalized spacial score (nSPS) is 13.6. The Bertz CT molecular complexity index is 1350. The zero-order valence-electron chi connectivity index (χ0n) is 23.2. The summed E-state index contributed by atoms with van der Waals surface area (Å²) >= 11 is 2.74. The summed E-state index contributed by atoms with van der Waals surface area (Å²) in [4.78, 5) is 39.6. The van der Waals surface area contributed by atoms with Gasteiger partial charge in [-0.25, -0.2) is 4.79 Å². The van der Waals surface area contributed by atoms with E-state index in [1.807, 2.05) is 24.3 Å². The predicted molar refractivity (Wildman–Crippen MR) is 155 cm³/mol. The molecule has 2 N–H and O–H groups in total. The quantitative estimate of drug-likeness (QED) is 0.194. The molecule has 0 unspecified atom stereocenters. The molecule has 2 amide bonds. The van der Waals surface area contributed by atoms with Gasteiger partial charge in [0.15, 0.2) is 11.0 Å². The van der Waals surface area contributed by atoms with E-state index in [2.05, 4.69) is 20.8 Å². The lowest BCUT2D eigenvalue weighted by Gasteiger charge is -2.12. The van der Waals surface area contributed by atoms with E-state index >= 15 is 0 Å². The summed E-state index contributed by atoms with van der Waals surface area (Å²) < 4.78 is 12.2. The molecule has 0 radical (unpaired) electrons. The van der Waals surface area contributed by atoms with Gasteiger partial charge in [-0.2, -0.15) is 0 Å². The van der Waals surface area contributed by atoms with Gasteiger partial charge in [-0.3, -0.25) is 9.59 Å². The van der Waals surface area contributed by atoms with Gasteiger partial charge >= 0.3 is 5.97 Å². The molecule has 0 spiro atoms. The summed E-state index contributed by atoms with van der Waals surface area (Å²) in [5.74, 6) is 0.556. The lowest BCUT2D eigenvalue weighted by Crippen LogP contribution is -2.26. The van der Waals surface area contributed by atoms with Gasteiger partial charge in [0, 0.05) is 11.9 Å². The maximum absolute atomic E-state index is 13.2. The van der Waals surface area contributed by atoms with E-state index in [-0.39, 0.29) is 37.4 Å². The Morgan fingerprint density at radius 1 is 1.12 bits per heavy atom. The number of ether oxygens (including phenoxy) is 2. The Morgan fingerprint density at radius 3 is 2.60 bits per heavy atom. The minimum atomic E-state index is -0.502. The number of nitrogens with one attached hydrogen (secondary N) is 2. The van der Waals surface area contributed by atoms with Crippen molar-refractivity contribution >= 4 is 45.9 Å². The van der Waals surface area contributed by atoms with Crippen LogP contribution in [0.3, 0.4) is 0 Å². The highest BCUT2D eigenvalue weighted by Gasteiger charge is 2.28. The molecule has 1 aliphatic carbocycles. The molecule has 3 aromatic rings. The van der Waals surface area contributed by atoms with E-state index < -0.39 is 5.25 Å². The summed E-state index contributed by atoms with van der Waals surface area (Å²) in [6.07, 6.45) is 5.19. The number of anilines is 1. The Labute approximate surface area is 242 Å². The largest absolute Gasteiger partial charge is 0.497 e. The number of methoxy groups -OCH3 is 1. The number of thiophene rings is 1. The standard InChI is InChI=1S/C28H35N5O5S2/c1-5-38-27(36)24-20-9-7-6-8-10-21(20)40-26(24)30-25(35)17(2)39-28-32-31-22(33(28)3)16-29-23(34)15-18-11-13-19(37-4)14-12-18/h11-14,17H,5-10,15-16H2,1-4H3,(H,29,34)(H,30,35)/t17-/m1/s1. The number of aromatic nitrogens is 3. The number of thioether (sulfide) groups is 1. The van der Waals surface area contributed by atoms with E-state index in [1.54, 1.807) is 32.6 Å². The van der Waals surface area contributed by atoms with Crippen molar-refractivity contribution < 1.29 is 23.9 Å². The van der Waals surface area contributed by atoms with Crippen LogP contribution < -0.4 is 15.4 Å². The number of esters is 1. The fourth-order valence-electron chi connectivity index (χ4n) is 4.45. The maximum atomic E-state index is 13.2. The molecule has 0 saturated carbocycles. The molecular formula is C28H35N5O5S2. The van der Waals surface area contributed by atoms with Crippen molar-refractivity contribution in [2.75, 3.05) is 19.0 Å². The van der Waals surface area contributed by atoms with Gasteiger partial charge in [-0.05, 0) is 62.8 Å². The van der Waals surface area contributed by atoms with Gasteiger partial charge in [0.25, 0.3) is 0 Å². The molecule has 12 heteroatoms. The third-order valence-corrected chi connectivity index (χ3v) is 9.02. The van der Waals surface area contributed by atoms with Crippen molar-refractivity contribution in [3.05, 3.63) is 51.7 Å². The molecule has 2 aromatic heterocycles. The lowest BCUT2D eigenvalue weighted by atomic mass is 10.1. The molecule has 0 bridgehead atoms. The van der Waals surface area contributed by atoms with Gasteiger partial charge < -0.3 is 24.7 Å². The minimum Gasteiger partial charge on any atom is -0.497 e. The van der Waals surface area contributed by atoms with Gasteiger partial charge in [0.2, 0.25) is 11.8 Å². The number of carbonyl (C=O) groups excluding carboxylic acids is 3.